The molecule has 0 aliphatic heterocycles. The van der Waals surface area contributed by atoms with Crippen LogP contribution in [0.5, 0.6) is 0 Å². The number of rotatable bonds is 3. The maximum absolute atomic E-state index is 13.4. The van der Waals surface area contributed by atoms with Gasteiger partial charge in [0.15, 0.2) is 5.65 Å². The largest absolute Gasteiger partial charge is 0.325 e. The van der Waals surface area contributed by atoms with E-state index in [1.165, 1.54) is 12.1 Å². The molecule has 0 aliphatic carbocycles. The Hall–Kier alpha value is -3.09. The third-order valence-corrected chi connectivity index (χ3v) is 3.79. The van der Waals surface area contributed by atoms with Crippen molar-refractivity contribution in [2.75, 3.05) is 0 Å². The average molecular weight is 325 g/mol. The number of hydrogen-bond acceptors (Lipinski definition) is 3. The number of fused-ring (bicyclic) bond motifs is 1. The smallest absolute Gasteiger partial charge is 0.177 e. The van der Waals surface area contributed by atoms with E-state index in [4.69, 9.17) is 0 Å². The van der Waals surface area contributed by atoms with E-state index in [0.29, 0.717) is 17.8 Å². The van der Waals surface area contributed by atoms with Gasteiger partial charge in [0, 0.05) is 43.2 Å². The highest BCUT2D eigenvalue weighted by Crippen LogP contribution is 2.22. The zero-order valence-corrected chi connectivity index (χ0v) is 12.8. The van der Waals surface area contributed by atoms with Crippen LogP contribution >= 0.6 is 0 Å². The molecule has 0 N–H and O–H groups in total. The van der Waals surface area contributed by atoms with Crippen molar-refractivity contribution in [3.8, 4) is 11.1 Å². The molecule has 0 fully saturated rings. The SMILES string of the molecule is Cn1cc(-c2cnc3ncn(Cc4cc(F)cc(F)c4)c3c2)cn1. The Kier molecular flexibility index (Phi) is 3.34. The van der Waals surface area contributed by atoms with Crippen LogP contribution in [-0.4, -0.2) is 24.3 Å². The fourth-order valence-electron chi connectivity index (χ4n) is 2.70. The lowest BCUT2D eigenvalue weighted by Gasteiger charge is -2.06. The molecular weight excluding hydrogens is 312 g/mol. The molecule has 0 radical (unpaired) electrons. The second-order valence-electron chi connectivity index (χ2n) is 5.62. The summed E-state index contributed by atoms with van der Waals surface area (Å²) in [6, 6.07) is 5.43. The Balaban J connectivity index is 1.75. The summed E-state index contributed by atoms with van der Waals surface area (Å²) in [5.41, 5.74) is 3.75. The molecule has 24 heavy (non-hydrogen) atoms. The highest BCUT2D eigenvalue weighted by atomic mass is 19.1. The molecule has 0 saturated carbocycles. The van der Waals surface area contributed by atoms with Crippen LogP contribution < -0.4 is 0 Å². The molecule has 120 valence electrons. The molecule has 3 aromatic heterocycles. The number of halogens is 2. The van der Waals surface area contributed by atoms with Crippen LogP contribution in [0, 0.1) is 11.6 Å². The van der Waals surface area contributed by atoms with Crippen LogP contribution in [0.2, 0.25) is 0 Å². The van der Waals surface area contributed by atoms with E-state index in [-0.39, 0.29) is 0 Å². The van der Waals surface area contributed by atoms with E-state index in [1.54, 1.807) is 23.4 Å². The maximum atomic E-state index is 13.4. The fraction of sp³-hybridized carbons (Fsp3) is 0.118. The van der Waals surface area contributed by atoms with Gasteiger partial charge in [0.1, 0.15) is 11.6 Å². The van der Waals surface area contributed by atoms with Gasteiger partial charge < -0.3 is 4.57 Å². The van der Waals surface area contributed by atoms with Crippen molar-refractivity contribution >= 4 is 11.2 Å². The number of aromatic nitrogens is 5. The molecule has 0 spiro atoms. The van der Waals surface area contributed by atoms with Crippen molar-refractivity contribution in [3.05, 3.63) is 66.4 Å². The molecule has 7 heteroatoms. The zero-order chi connectivity index (χ0) is 16.7. The lowest BCUT2D eigenvalue weighted by atomic mass is 10.1. The molecule has 5 nitrogen and oxygen atoms in total. The number of aryl methyl sites for hydroxylation is 1. The van der Waals surface area contributed by atoms with Crippen molar-refractivity contribution in [2.45, 2.75) is 6.54 Å². The molecule has 0 saturated heterocycles. The van der Waals surface area contributed by atoms with Gasteiger partial charge in [0.2, 0.25) is 0 Å². The Bertz CT molecular complexity index is 1010. The van der Waals surface area contributed by atoms with Gasteiger partial charge >= 0.3 is 0 Å². The van der Waals surface area contributed by atoms with Crippen molar-refractivity contribution in [2.24, 2.45) is 7.05 Å². The molecule has 0 unspecified atom stereocenters. The first kappa shape index (κ1) is 14.5. The van der Waals surface area contributed by atoms with Crippen molar-refractivity contribution in [3.63, 3.8) is 0 Å². The topological polar surface area (TPSA) is 48.5 Å². The van der Waals surface area contributed by atoms with Crippen LogP contribution in [-0.2, 0) is 13.6 Å². The molecule has 0 aliphatic rings. The lowest BCUT2D eigenvalue weighted by Crippen LogP contribution is -1.99. The van der Waals surface area contributed by atoms with Gasteiger partial charge in [-0.25, -0.2) is 18.7 Å². The molecular formula is C17H13F2N5. The molecule has 0 bridgehead atoms. The van der Waals surface area contributed by atoms with Crippen LogP contribution in [0.25, 0.3) is 22.3 Å². The van der Waals surface area contributed by atoms with Gasteiger partial charge in [-0.05, 0) is 23.8 Å². The van der Waals surface area contributed by atoms with E-state index in [1.807, 2.05) is 23.9 Å². The van der Waals surface area contributed by atoms with Crippen molar-refractivity contribution in [1.82, 2.24) is 24.3 Å². The standard InChI is InChI=1S/C17H13F2N5/c1-23-9-13(7-22-23)12-4-16-17(20-6-12)21-10-24(16)8-11-2-14(18)5-15(19)3-11/h2-7,9-10H,8H2,1H3. The molecule has 1 aromatic carbocycles. The maximum Gasteiger partial charge on any atom is 0.177 e. The number of imidazole rings is 1. The molecule has 4 rings (SSSR count). The summed E-state index contributed by atoms with van der Waals surface area (Å²) >= 11 is 0. The minimum Gasteiger partial charge on any atom is -0.325 e. The number of nitrogens with zero attached hydrogens (tertiary/aromatic N) is 5. The second-order valence-corrected chi connectivity index (χ2v) is 5.62. The molecule has 4 aromatic rings. The van der Waals surface area contributed by atoms with Gasteiger partial charge in [0.05, 0.1) is 18.0 Å². The van der Waals surface area contributed by atoms with Crippen molar-refractivity contribution < 1.29 is 8.78 Å². The van der Waals surface area contributed by atoms with Gasteiger partial charge in [0.25, 0.3) is 0 Å². The summed E-state index contributed by atoms with van der Waals surface area (Å²) in [5.74, 6) is -1.19. The van der Waals surface area contributed by atoms with Crippen LogP contribution in [0.4, 0.5) is 8.78 Å². The van der Waals surface area contributed by atoms with E-state index in [0.717, 1.165) is 22.7 Å². The van der Waals surface area contributed by atoms with Gasteiger partial charge in [-0.2, -0.15) is 5.10 Å². The van der Waals surface area contributed by atoms with E-state index in [9.17, 15) is 8.78 Å². The number of pyridine rings is 1. The van der Waals surface area contributed by atoms with Crippen LogP contribution in [0.15, 0.2) is 49.2 Å². The minimum atomic E-state index is -0.594. The van der Waals surface area contributed by atoms with E-state index >= 15 is 0 Å². The first-order chi connectivity index (χ1) is 11.6. The Morgan fingerprint density at radius 3 is 2.46 bits per heavy atom. The Morgan fingerprint density at radius 2 is 1.75 bits per heavy atom. The highest BCUT2D eigenvalue weighted by Gasteiger charge is 2.09. The Labute approximate surface area is 136 Å². The normalized spacial score (nSPS) is 11.3. The Morgan fingerprint density at radius 1 is 0.958 bits per heavy atom. The predicted molar refractivity (Wildman–Crippen MR) is 85.2 cm³/mol. The number of hydrogen-bond donors (Lipinski definition) is 0. The highest BCUT2D eigenvalue weighted by molar-refractivity contribution is 5.78. The zero-order valence-electron chi connectivity index (χ0n) is 12.8. The molecule has 3 heterocycles. The summed E-state index contributed by atoms with van der Waals surface area (Å²) in [5, 5.41) is 4.15. The summed E-state index contributed by atoms with van der Waals surface area (Å²) in [6.45, 7) is 0.309. The fourth-order valence-corrected chi connectivity index (χ4v) is 2.70. The van der Waals surface area contributed by atoms with Gasteiger partial charge in [-0.15, -0.1) is 0 Å². The van der Waals surface area contributed by atoms with Crippen LogP contribution in [0.3, 0.4) is 0 Å². The minimum absolute atomic E-state index is 0.309. The monoisotopic (exact) mass is 325 g/mol. The summed E-state index contributed by atoms with van der Waals surface area (Å²) in [6.07, 6.45) is 7.00. The summed E-state index contributed by atoms with van der Waals surface area (Å²) < 4.78 is 30.3. The molecule has 0 amide bonds. The number of benzene rings is 1. The summed E-state index contributed by atoms with van der Waals surface area (Å²) in [7, 11) is 1.85. The van der Waals surface area contributed by atoms with Crippen LogP contribution in [0.1, 0.15) is 5.56 Å². The van der Waals surface area contributed by atoms with E-state index in [2.05, 4.69) is 15.1 Å². The van der Waals surface area contributed by atoms with Gasteiger partial charge in [-0.3, -0.25) is 4.68 Å². The van der Waals surface area contributed by atoms with E-state index < -0.39 is 11.6 Å². The third-order valence-electron chi connectivity index (χ3n) is 3.79. The summed E-state index contributed by atoms with van der Waals surface area (Å²) in [4.78, 5) is 8.59. The van der Waals surface area contributed by atoms with Crippen molar-refractivity contribution in [1.29, 1.82) is 0 Å². The first-order valence-electron chi connectivity index (χ1n) is 7.33. The van der Waals surface area contributed by atoms with Gasteiger partial charge in [-0.1, -0.05) is 0 Å². The quantitative estimate of drug-likeness (QED) is 0.581. The average Bonchev–Trinajstić information content (AvgIpc) is 3.13. The third kappa shape index (κ3) is 2.64. The first-order valence-corrected chi connectivity index (χ1v) is 7.33. The predicted octanol–water partition coefficient (Wildman–Crippen LogP) is 3.16. The second kappa shape index (κ2) is 5.52. The lowest BCUT2D eigenvalue weighted by molar-refractivity contribution is 0.578. The molecule has 0 atom stereocenters.